The summed E-state index contributed by atoms with van der Waals surface area (Å²) in [6.45, 7) is 4.61. The molecule has 0 aromatic carbocycles. The van der Waals surface area contributed by atoms with Gasteiger partial charge in [0.2, 0.25) is 6.04 Å². The molecule has 1 unspecified atom stereocenters. The molecule has 0 bridgehead atoms. The Morgan fingerprint density at radius 1 is 1.43 bits per heavy atom. The summed E-state index contributed by atoms with van der Waals surface area (Å²) in [4.78, 5) is 10.7. The van der Waals surface area contributed by atoms with Crippen molar-refractivity contribution in [2.24, 2.45) is 0 Å². The van der Waals surface area contributed by atoms with Crippen molar-refractivity contribution < 1.29 is 15.1 Å². The quantitative estimate of drug-likeness (QED) is 0.612. The van der Waals surface area contributed by atoms with Crippen molar-refractivity contribution in [3.8, 4) is 0 Å². The Morgan fingerprint density at radius 2 is 2.14 bits per heavy atom. The number of aliphatic hydroxyl groups is 2. The molecule has 1 aliphatic carbocycles. The Kier molecular flexibility index (Phi) is 4.49. The molecule has 0 radical (unpaired) electrons. The Bertz CT molecular complexity index is 560. The van der Waals surface area contributed by atoms with Crippen LogP contribution in [0.2, 0.25) is 0 Å². The van der Waals surface area contributed by atoms with Crippen molar-refractivity contribution in [3.05, 3.63) is 39.2 Å². The highest BCUT2D eigenvalue weighted by Crippen LogP contribution is 2.33. The molecular weight excluding hydrogens is 272 g/mol. The van der Waals surface area contributed by atoms with Gasteiger partial charge in [0.1, 0.15) is 0 Å². The third kappa shape index (κ3) is 3.01. The van der Waals surface area contributed by atoms with E-state index in [-0.39, 0.29) is 23.6 Å². The van der Waals surface area contributed by atoms with Crippen LogP contribution < -0.4 is 0 Å². The van der Waals surface area contributed by atoms with Crippen LogP contribution in [0, 0.1) is 10.1 Å². The van der Waals surface area contributed by atoms with Crippen LogP contribution in [-0.2, 0) is 18.4 Å². The third-order valence-electron chi connectivity index (χ3n) is 4.15. The van der Waals surface area contributed by atoms with Crippen LogP contribution in [0.3, 0.4) is 0 Å². The zero-order valence-corrected chi connectivity index (χ0v) is 12.5. The molecule has 2 N–H and O–H groups in total. The lowest BCUT2D eigenvalue weighted by Gasteiger charge is -2.26. The Morgan fingerprint density at radius 3 is 2.71 bits per heavy atom. The van der Waals surface area contributed by atoms with Crippen LogP contribution in [0.25, 0.3) is 6.08 Å². The summed E-state index contributed by atoms with van der Waals surface area (Å²) in [6.07, 6.45) is 4.36. The number of hydrogen-bond donors (Lipinski definition) is 2. The van der Waals surface area contributed by atoms with Gasteiger partial charge in [0.15, 0.2) is 0 Å². The molecule has 1 atom stereocenters. The van der Waals surface area contributed by atoms with Crippen molar-refractivity contribution >= 4 is 6.08 Å². The van der Waals surface area contributed by atoms with Crippen LogP contribution in [0.4, 0.5) is 0 Å². The minimum Gasteiger partial charge on any atom is -0.396 e. The Hall–Kier alpha value is -1.66. The molecule has 1 aliphatic rings. The summed E-state index contributed by atoms with van der Waals surface area (Å²) in [5.74, 6) is 0. The van der Waals surface area contributed by atoms with Gasteiger partial charge >= 0.3 is 0 Å². The number of rotatable bonds is 6. The molecule has 0 aliphatic heterocycles. The average molecular weight is 294 g/mol. The fraction of sp³-hybridized carbons (Fsp3) is 0.600. The molecule has 6 heteroatoms. The maximum Gasteiger partial charge on any atom is 0.235 e. The van der Waals surface area contributed by atoms with E-state index in [1.54, 1.807) is 12.2 Å². The van der Waals surface area contributed by atoms with Crippen molar-refractivity contribution in [2.45, 2.75) is 44.7 Å². The molecule has 0 saturated carbocycles. The highest BCUT2D eigenvalue weighted by atomic mass is 16.6. The molecule has 6 nitrogen and oxygen atoms in total. The number of nitrogens with zero attached hydrogens (tertiary/aromatic N) is 2. The van der Waals surface area contributed by atoms with Gasteiger partial charge in [-0.2, -0.15) is 0 Å². The summed E-state index contributed by atoms with van der Waals surface area (Å²) >= 11 is 0. The summed E-state index contributed by atoms with van der Waals surface area (Å²) in [5, 5.41) is 29.5. The molecular formula is C15H22N2O4. The van der Waals surface area contributed by atoms with E-state index in [4.69, 9.17) is 0 Å². The molecule has 1 aromatic rings. The van der Waals surface area contributed by atoms with E-state index in [0.717, 1.165) is 17.0 Å². The summed E-state index contributed by atoms with van der Waals surface area (Å²) in [7, 11) is 0. The van der Waals surface area contributed by atoms with Gasteiger partial charge in [0.05, 0.1) is 6.61 Å². The Balaban J connectivity index is 2.45. The molecule has 0 amide bonds. The zero-order valence-electron chi connectivity index (χ0n) is 12.5. The second-order valence-corrected chi connectivity index (χ2v) is 6.09. The molecule has 2 rings (SSSR count). The van der Waals surface area contributed by atoms with E-state index in [1.807, 2.05) is 24.5 Å². The maximum absolute atomic E-state index is 11.0. The highest BCUT2D eigenvalue weighted by molar-refractivity contribution is 5.56. The van der Waals surface area contributed by atoms with E-state index in [1.165, 1.54) is 0 Å². The second-order valence-electron chi connectivity index (χ2n) is 6.09. The standard InChI is InChI=1S/C15H22N2O4/c1-15(2,5-7-18)14-10-11-9-12(17(20)21)3-4-13(11)16(14)6-8-19/h3-4,10,12,18-19H,5-9H2,1-2H3. The SMILES string of the molecule is CC(C)(CCO)c1cc2c(n1CCO)C=CC([N+](=O)[O-])C2. The van der Waals surface area contributed by atoms with Crippen LogP contribution in [0.5, 0.6) is 0 Å². The molecule has 1 aromatic heterocycles. The van der Waals surface area contributed by atoms with Gasteiger partial charge < -0.3 is 14.8 Å². The van der Waals surface area contributed by atoms with E-state index >= 15 is 0 Å². The molecule has 0 spiro atoms. The van der Waals surface area contributed by atoms with Crippen molar-refractivity contribution in [1.82, 2.24) is 4.57 Å². The topological polar surface area (TPSA) is 88.5 Å². The molecule has 0 fully saturated rings. The van der Waals surface area contributed by atoms with Crippen LogP contribution in [0.15, 0.2) is 12.1 Å². The van der Waals surface area contributed by atoms with Gasteiger partial charge in [-0.15, -0.1) is 0 Å². The van der Waals surface area contributed by atoms with Gasteiger partial charge in [-0.1, -0.05) is 13.8 Å². The first kappa shape index (κ1) is 15.7. The minimum atomic E-state index is -0.684. The van der Waals surface area contributed by atoms with Gasteiger partial charge in [-0.05, 0) is 30.2 Å². The van der Waals surface area contributed by atoms with Crippen molar-refractivity contribution in [3.63, 3.8) is 0 Å². The second kappa shape index (κ2) is 5.99. The van der Waals surface area contributed by atoms with E-state index in [9.17, 15) is 20.3 Å². The largest absolute Gasteiger partial charge is 0.396 e. The van der Waals surface area contributed by atoms with E-state index in [0.29, 0.717) is 19.4 Å². The molecule has 1 heterocycles. The minimum absolute atomic E-state index is 0.00975. The highest BCUT2D eigenvalue weighted by Gasteiger charge is 2.31. The summed E-state index contributed by atoms with van der Waals surface area (Å²) < 4.78 is 2.01. The van der Waals surface area contributed by atoms with Gasteiger partial charge in [0, 0.05) is 41.3 Å². The molecule has 116 valence electrons. The fourth-order valence-corrected chi connectivity index (χ4v) is 2.93. The van der Waals surface area contributed by atoms with E-state index < -0.39 is 6.04 Å². The molecule has 0 saturated heterocycles. The number of aromatic nitrogens is 1. The fourth-order valence-electron chi connectivity index (χ4n) is 2.93. The van der Waals surface area contributed by atoms with Gasteiger partial charge in [-0.3, -0.25) is 10.1 Å². The first-order valence-electron chi connectivity index (χ1n) is 7.17. The summed E-state index contributed by atoms with van der Waals surface area (Å²) in [6, 6.07) is 1.30. The lowest BCUT2D eigenvalue weighted by molar-refractivity contribution is -0.508. The van der Waals surface area contributed by atoms with Crippen molar-refractivity contribution in [2.75, 3.05) is 13.2 Å². The van der Waals surface area contributed by atoms with Gasteiger partial charge in [-0.25, -0.2) is 0 Å². The summed E-state index contributed by atoms with van der Waals surface area (Å²) in [5.41, 5.74) is 2.63. The van der Waals surface area contributed by atoms with Crippen LogP contribution >= 0.6 is 0 Å². The predicted octanol–water partition coefficient (Wildman–Crippen LogP) is 1.35. The predicted molar refractivity (Wildman–Crippen MR) is 79.8 cm³/mol. The zero-order chi connectivity index (χ0) is 15.6. The molecule has 21 heavy (non-hydrogen) atoms. The number of aliphatic hydroxyl groups excluding tert-OH is 2. The van der Waals surface area contributed by atoms with E-state index in [2.05, 4.69) is 0 Å². The number of hydrogen-bond acceptors (Lipinski definition) is 4. The monoisotopic (exact) mass is 294 g/mol. The smallest absolute Gasteiger partial charge is 0.235 e. The Labute approximate surface area is 123 Å². The van der Waals surface area contributed by atoms with Crippen molar-refractivity contribution in [1.29, 1.82) is 0 Å². The maximum atomic E-state index is 11.0. The van der Waals surface area contributed by atoms with Crippen LogP contribution in [0.1, 0.15) is 37.2 Å². The lowest BCUT2D eigenvalue weighted by atomic mass is 9.85. The van der Waals surface area contributed by atoms with Crippen LogP contribution in [-0.4, -0.2) is 39.0 Å². The first-order chi connectivity index (χ1) is 9.90. The normalized spacial score (nSPS) is 17.8. The number of fused-ring (bicyclic) bond motifs is 1. The number of nitro groups is 1. The average Bonchev–Trinajstić information content (AvgIpc) is 2.78. The lowest BCUT2D eigenvalue weighted by Crippen LogP contribution is -2.25. The first-order valence-corrected chi connectivity index (χ1v) is 7.17. The van der Waals surface area contributed by atoms with Gasteiger partial charge in [0.25, 0.3) is 0 Å². The third-order valence-corrected chi connectivity index (χ3v) is 4.15.